The standard InChI is InChI=1S/C24H21N5O2S/c1-14-9-17-21(18(30)10-14)23(27-16-5-3-2-4-6-16)22(28-17)15-7-8-26-20(11-15)29-24(31)19-12-25-13-32-19/h2-8,11-14,27-28H,9-10H2,1H3,(H,26,29,31). The molecule has 0 fully saturated rings. The number of para-hydroxylation sites is 1. The molecule has 160 valence electrons. The van der Waals surface area contributed by atoms with Crippen LogP contribution in [-0.4, -0.2) is 26.6 Å². The Hall–Kier alpha value is -3.78. The number of H-pyrrole nitrogens is 1. The van der Waals surface area contributed by atoms with E-state index in [0.29, 0.717) is 22.7 Å². The Kier molecular flexibility index (Phi) is 5.28. The summed E-state index contributed by atoms with van der Waals surface area (Å²) in [7, 11) is 0. The predicted octanol–water partition coefficient (Wildman–Crippen LogP) is 5.29. The predicted molar refractivity (Wildman–Crippen MR) is 126 cm³/mol. The van der Waals surface area contributed by atoms with Crippen molar-refractivity contribution in [2.75, 3.05) is 10.6 Å². The van der Waals surface area contributed by atoms with Crippen molar-refractivity contribution in [2.24, 2.45) is 5.92 Å². The highest BCUT2D eigenvalue weighted by atomic mass is 32.1. The van der Waals surface area contributed by atoms with Crippen LogP contribution in [0.4, 0.5) is 17.2 Å². The Morgan fingerprint density at radius 3 is 2.81 bits per heavy atom. The molecule has 1 aliphatic carbocycles. The molecule has 3 N–H and O–H groups in total. The molecular weight excluding hydrogens is 422 g/mol. The van der Waals surface area contributed by atoms with Crippen LogP contribution in [0.25, 0.3) is 11.3 Å². The third-order valence-corrected chi connectivity index (χ3v) is 6.20. The van der Waals surface area contributed by atoms with E-state index in [4.69, 9.17) is 0 Å². The monoisotopic (exact) mass is 443 g/mol. The minimum absolute atomic E-state index is 0.132. The number of aromatic amines is 1. The molecule has 1 atom stereocenters. The number of carbonyl (C=O) groups excluding carboxylic acids is 2. The van der Waals surface area contributed by atoms with E-state index < -0.39 is 0 Å². The molecule has 0 saturated carbocycles. The van der Waals surface area contributed by atoms with Crippen molar-refractivity contribution in [1.29, 1.82) is 0 Å². The lowest BCUT2D eigenvalue weighted by Crippen LogP contribution is -2.17. The van der Waals surface area contributed by atoms with Gasteiger partial charge in [0, 0.05) is 29.6 Å². The van der Waals surface area contributed by atoms with Gasteiger partial charge in [-0.3, -0.25) is 14.6 Å². The minimum atomic E-state index is -0.255. The molecule has 5 rings (SSSR count). The Bertz CT molecular complexity index is 1280. The van der Waals surface area contributed by atoms with E-state index in [2.05, 4.69) is 32.5 Å². The van der Waals surface area contributed by atoms with Gasteiger partial charge in [0.15, 0.2) is 5.78 Å². The summed E-state index contributed by atoms with van der Waals surface area (Å²) < 4.78 is 0. The first-order valence-electron chi connectivity index (χ1n) is 10.3. The van der Waals surface area contributed by atoms with Crippen molar-refractivity contribution in [1.82, 2.24) is 15.0 Å². The van der Waals surface area contributed by atoms with Crippen LogP contribution >= 0.6 is 11.3 Å². The second-order valence-electron chi connectivity index (χ2n) is 7.91. The summed E-state index contributed by atoms with van der Waals surface area (Å²) in [6, 6.07) is 13.4. The lowest BCUT2D eigenvalue weighted by Gasteiger charge is -2.18. The molecule has 0 bridgehead atoms. The molecule has 8 heteroatoms. The molecule has 1 aromatic carbocycles. The second-order valence-corrected chi connectivity index (χ2v) is 8.79. The summed E-state index contributed by atoms with van der Waals surface area (Å²) in [4.78, 5) is 37.6. The number of aromatic nitrogens is 3. The molecular formula is C24H21N5O2S. The van der Waals surface area contributed by atoms with E-state index in [1.807, 2.05) is 36.4 Å². The Balaban J connectivity index is 1.55. The van der Waals surface area contributed by atoms with Gasteiger partial charge in [-0.15, -0.1) is 11.3 Å². The van der Waals surface area contributed by atoms with E-state index in [-0.39, 0.29) is 17.6 Å². The number of pyridine rings is 1. The first-order valence-corrected chi connectivity index (χ1v) is 11.2. The maximum absolute atomic E-state index is 13.0. The number of benzene rings is 1. The SMILES string of the molecule is CC1CC(=O)c2c([nH]c(-c3ccnc(NC(=O)c4cncs4)c3)c2Nc2ccccc2)C1. The van der Waals surface area contributed by atoms with Gasteiger partial charge >= 0.3 is 0 Å². The summed E-state index contributed by atoms with van der Waals surface area (Å²) in [6.07, 6.45) is 4.51. The van der Waals surface area contributed by atoms with Gasteiger partial charge in [0.1, 0.15) is 10.7 Å². The van der Waals surface area contributed by atoms with E-state index in [1.54, 1.807) is 17.8 Å². The fraction of sp³-hybridized carbons (Fsp3) is 0.167. The summed E-state index contributed by atoms with van der Waals surface area (Å²) in [5, 5.41) is 6.26. The van der Waals surface area contributed by atoms with Crippen LogP contribution in [0.2, 0.25) is 0 Å². The number of hydrogen-bond acceptors (Lipinski definition) is 6. The van der Waals surface area contributed by atoms with E-state index in [9.17, 15) is 9.59 Å². The highest BCUT2D eigenvalue weighted by molar-refractivity contribution is 7.11. The minimum Gasteiger partial charge on any atom is -0.356 e. The number of ketones is 1. The van der Waals surface area contributed by atoms with Crippen molar-refractivity contribution in [3.63, 3.8) is 0 Å². The molecule has 0 aliphatic heterocycles. The number of Topliss-reactive ketones (excluding diaryl/α,β-unsaturated/α-hetero) is 1. The van der Waals surface area contributed by atoms with Gasteiger partial charge in [-0.05, 0) is 36.6 Å². The summed E-state index contributed by atoms with van der Waals surface area (Å²) >= 11 is 1.27. The van der Waals surface area contributed by atoms with Crippen LogP contribution in [0, 0.1) is 5.92 Å². The lowest BCUT2D eigenvalue weighted by molar-refractivity contribution is 0.0953. The summed E-state index contributed by atoms with van der Waals surface area (Å²) in [5.74, 6) is 0.596. The molecule has 3 aromatic heterocycles. The first kappa shape index (κ1) is 20.1. The molecule has 1 aliphatic rings. The first-order chi connectivity index (χ1) is 15.6. The van der Waals surface area contributed by atoms with Gasteiger partial charge in [-0.1, -0.05) is 25.1 Å². The van der Waals surface area contributed by atoms with Gasteiger partial charge in [0.25, 0.3) is 5.91 Å². The van der Waals surface area contributed by atoms with Crippen molar-refractivity contribution in [3.05, 3.63) is 76.5 Å². The fourth-order valence-corrected chi connectivity index (χ4v) is 4.53. The van der Waals surface area contributed by atoms with Crippen LogP contribution in [0.3, 0.4) is 0 Å². The number of carbonyl (C=O) groups is 2. The number of nitrogens with zero attached hydrogens (tertiary/aromatic N) is 2. The van der Waals surface area contributed by atoms with Crippen molar-refractivity contribution in [2.45, 2.75) is 19.8 Å². The van der Waals surface area contributed by atoms with E-state index in [1.165, 1.54) is 17.5 Å². The number of fused-ring (bicyclic) bond motifs is 1. The van der Waals surface area contributed by atoms with Crippen LogP contribution in [0.5, 0.6) is 0 Å². The average molecular weight is 444 g/mol. The zero-order valence-corrected chi connectivity index (χ0v) is 18.2. The quantitative estimate of drug-likeness (QED) is 0.389. The molecule has 0 saturated heterocycles. The molecule has 0 spiro atoms. The Labute approximate surface area is 188 Å². The number of amides is 1. The molecule has 3 heterocycles. The highest BCUT2D eigenvalue weighted by Crippen LogP contribution is 2.40. The normalized spacial score (nSPS) is 15.3. The Morgan fingerprint density at radius 1 is 1.19 bits per heavy atom. The zero-order valence-electron chi connectivity index (χ0n) is 17.4. The van der Waals surface area contributed by atoms with Crippen LogP contribution < -0.4 is 10.6 Å². The smallest absolute Gasteiger partial charge is 0.268 e. The number of nitrogens with one attached hydrogen (secondary N) is 3. The van der Waals surface area contributed by atoms with Crippen molar-refractivity contribution < 1.29 is 9.59 Å². The maximum atomic E-state index is 13.0. The number of anilines is 3. The number of thiazole rings is 1. The fourth-order valence-electron chi connectivity index (χ4n) is 4.02. The van der Waals surface area contributed by atoms with Crippen LogP contribution in [0.1, 0.15) is 39.1 Å². The highest BCUT2D eigenvalue weighted by Gasteiger charge is 2.30. The van der Waals surface area contributed by atoms with Crippen molar-refractivity contribution >= 4 is 40.2 Å². The third-order valence-electron chi connectivity index (χ3n) is 5.43. The molecule has 7 nitrogen and oxygen atoms in total. The van der Waals surface area contributed by atoms with Crippen LogP contribution in [0.15, 0.2) is 60.4 Å². The van der Waals surface area contributed by atoms with E-state index >= 15 is 0 Å². The summed E-state index contributed by atoms with van der Waals surface area (Å²) in [6.45, 7) is 2.09. The van der Waals surface area contributed by atoms with Gasteiger partial charge in [-0.2, -0.15) is 0 Å². The molecule has 32 heavy (non-hydrogen) atoms. The van der Waals surface area contributed by atoms with Gasteiger partial charge in [-0.25, -0.2) is 4.98 Å². The van der Waals surface area contributed by atoms with Crippen molar-refractivity contribution in [3.8, 4) is 11.3 Å². The Morgan fingerprint density at radius 2 is 2.03 bits per heavy atom. The molecule has 1 amide bonds. The molecule has 4 aromatic rings. The largest absolute Gasteiger partial charge is 0.356 e. The second kappa shape index (κ2) is 8.39. The lowest BCUT2D eigenvalue weighted by atomic mass is 9.87. The van der Waals surface area contributed by atoms with E-state index in [0.717, 1.165) is 34.7 Å². The number of rotatable bonds is 5. The van der Waals surface area contributed by atoms with Crippen LogP contribution in [-0.2, 0) is 6.42 Å². The van der Waals surface area contributed by atoms with Gasteiger partial charge < -0.3 is 15.6 Å². The third kappa shape index (κ3) is 3.92. The van der Waals surface area contributed by atoms with Gasteiger partial charge in [0.05, 0.1) is 28.7 Å². The summed E-state index contributed by atoms with van der Waals surface area (Å²) in [5.41, 5.74) is 6.55. The maximum Gasteiger partial charge on any atom is 0.268 e. The zero-order chi connectivity index (χ0) is 22.1. The molecule has 0 radical (unpaired) electrons. The van der Waals surface area contributed by atoms with Gasteiger partial charge in [0.2, 0.25) is 0 Å². The topological polar surface area (TPSA) is 99.8 Å². The number of hydrogen-bond donors (Lipinski definition) is 3. The average Bonchev–Trinajstić information content (AvgIpc) is 3.43. The molecule has 1 unspecified atom stereocenters.